The summed E-state index contributed by atoms with van der Waals surface area (Å²) in [4.78, 5) is 30.0. The number of halogens is 2. The van der Waals surface area contributed by atoms with E-state index in [0.717, 1.165) is 0 Å². The Balaban J connectivity index is 1.86. The van der Waals surface area contributed by atoms with E-state index in [4.69, 9.17) is 14.5 Å². The van der Waals surface area contributed by atoms with Crippen molar-refractivity contribution in [3.8, 4) is 5.88 Å². The average molecular weight is 520 g/mol. The molecule has 4 heterocycles. The van der Waals surface area contributed by atoms with E-state index in [1.165, 1.54) is 17.8 Å². The van der Waals surface area contributed by atoms with E-state index in [1.807, 2.05) is 32.6 Å². The third-order valence-electron chi connectivity index (χ3n) is 6.14. The van der Waals surface area contributed by atoms with E-state index in [-0.39, 0.29) is 35.1 Å². The summed E-state index contributed by atoms with van der Waals surface area (Å²) in [5.74, 6) is -0.684. The molecule has 0 aromatic carbocycles. The number of hydrogen-bond donors (Lipinski definition) is 0. The number of carbonyl (C=O) groups excluding carboxylic acids is 1. The van der Waals surface area contributed by atoms with Gasteiger partial charge < -0.3 is 19.3 Å². The van der Waals surface area contributed by atoms with Crippen molar-refractivity contribution in [2.45, 2.75) is 63.9 Å². The fourth-order valence-corrected chi connectivity index (χ4v) is 4.77. The van der Waals surface area contributed by atoms with Gasteiger partial charge in [-0.15, -0.1) is 0 Å². The fourth-order valence-electron chi connectivity index (χ4n) is 4.41. The normalized spacial score (nSPS) is 20.3. The number of carbonyl (C=O) groups is 1. The molecule has 2 aromatic heterocycles. The summed E-state index contributed by atoms with van der Waals surface area (Å²) < 4.78 is 42.3. The van der Waals surface area contributed by atoms with Crippen molar-refractivity contribution in [1.82, 2.24) is 19.9 Å². The zero-order chi connectivity index (χ0) is 26.4. The third-order valence-corrected chi connectivity index (χ3v) is 6.69. The number of fused-ring (bicyclic) bond motifs is 2. The van der Waals surface area contributed by atoms with Gasteiger partial charge in [0.15, 0.2) is 11.0 Å². The van der Waals surface area contributed by atoms with Gasteiger partial charge in [0.05, 0.1) is 6.04 Å². The maximum Gasteiger partial charge on any atom is 0.410 e. The summed E-state index contributed by atoms with van der Waals surface area (Å²) in [5.41, 5.74) is -0.848. The smallest absolute Gasteiger partial charge is 0.410 e. The highest BCUT2D eigenvalue weighted by Crippen LogP contribution is 2.41. The van der Waals surface area contributed by atoms with Crippen molar-refractivity contribution in [1.29, 1.82) is 0 Å². The lowest BCUT2D eigenvalue weighted by molar-refractivity contribution is 0.0175. The Labute approximate surface area is 213 Å². The van der Waals surface area contributed by atoms with E-state index in [1.54, 1.807) is 18.1 Å². The van der Waals surface area contributed by atoms with Crippen LogP contribution in [0, 0.1) is 5.82 Å². The summed E-state index contributed by atoms with van der Waals surface area (Å²) in [6.45, 7) is 13.8. The average Bonchev–Trinajstić information content (AvgIpc) is 2.95. The Morgan fingerprint density at radius 2 is 2.03 bits per heavy atom. The van der Waals surface area contributed by atoms with Crippen LogP contribution < -0.4 is 9.64 Å². The molecule has 0 radical (unpaired) electrons. The first-order chi connectivity index (χ1) is 17.0. The molecule has 0 bridgehead atoms. The number of amides is 1. The molecule has 36 heavy (non-hydrogen) atoms. The first-order valence-electron chi connectivity index (χ1n) is 11.9. The molecular formula is C25H31F2N5O3S. The van der Waals surface area contributed by atoms with E-state index >= 15 is 4.39 Å². The number of piperazine rings is 1. The minimum absolute atomic E-state index is 0.00928. The standard InChI is InChI=1S/C25H31F2N5O3S/c1-8-14(15(26)9-2)19-18(27)20-17-21(30-23(29-20)36-7)32-11-10-31(24(33)35-25(4,5)6)12-16(32)13(3)34-22(17)28-19/h8,13,16H,1,9-12H2,2-7H3/b15-14-/t13-,16-/m0/s1. The molecule has 0 spiro atoms. The molecule has 194 valence electrons. The van der Waals surface area contributed by atoms with Crippen molar-refractivity contribution in [3.63, 3.8) is 0 Å². The summed E-state index contributed by atoms with van der Waals surface area (Å²) in [6.07, 6.45) is 2.25. The number of thioether (sulfide) groups is 1. The van der Waals surface area contributed by atoms with Crippen LogP contribution in [0.25, 0.3) is 16.5 Å². The second-order valence-corrected chi connectivity index (χ2v) is 10.5. The maximum atomic E-state index is 15.9. The number of hydrogen-bond acceptors (Lipinski definition) is 8. The molecule has 0 N–H and O–H groups in total. The molecule has 0 aliphatic carbocycles. The highest BCUT2D eigenvalue weighted by molar-refractivity contribution is 7.98. The van der Waals surface area contributed by atoms with Crippen LogP contribution in [0.15, 0.2) is 23.6 Å². The molecule has 1 amide bonds. The van der Waals surface area contributed by atoms with Crippen LogP contribution >= 0.6 is 11.8 Å². The second-order valence-electron chi connectivity index (χ2n) is 9.72. The van der Waals surface area contributed by atoms with Crippen LogP contribution in [-0.2, 0) is 4.74 Å². The third kappa shape index (κ3) is 4.72. The second kappa shape index (κ2) is 9.84. The summed E-state index contributed by atoms with van der Waals surface area (Å²) in [5, 5.41) is 0.692. The summed E-state index contributed by atoms with van der Waals surface area (Å²) in [7, 11) is 0. The van der Waals surface area contributed by atoms with E-state index in [0.29, 0.717) is 36.0 Å². The summed E-state index contributed by atoms with van der Waals surface area (Å²) in [6, 6.07) is -0.304. The van der Waals surface area contributed by atoms with Crippen molar-refractivity contribution in [2.24, 2.45) is 0 Å². The Bertz CT molecular complexity index is 1250. The SMILES string of the molecule is C=C/C(=C(/F)CC)c1nc2c3c(nc(SC)nc3c1F)N1CCN(C(=O)OC(C)(C)C)C[C@H]1[C@H](C)O2. The maximum absolute atomic E-state index is 15.9. The van der Waals surface area contributed by atoms with Gasteiger partial charge in [-0.25, -0.2) is 28.5 Å². The van der Waals surface area contributed by atoms with Crippen LogP contribution in [0.4, 0.5) is 19.4 Å². The molecular weight excluding hydrogens is 488 g/mol. The van der Waals surface area contributed by atoms with Gasteiger partial charge in [0.1, 0.15) is 39.9 Å². The Morgan fingerprint density at radius 1 is 1.31 bits per heavy atom. The monoisotopic (exact) mass is 519 g/mol. The van der Waals surface area contributed by atoms with Gasteiger partial charge in [-0.1, -0.05) is 31.3 Å². The summed E-state index contributed by atoms with van der Waals surface area (Å²) >= 11 is 1.27. The van der Waals surface area contributed by atoms with Gasteiger partial charge in [0.25, 0.3) is 0 Å². The van der Waals surface area contributed by atoms with Gasteiger partial charge in [0, 0.05) is 25.2 Å². The molecule has 2 aromatic rings. The predicted molar refractivity (Wildman–Crippen MR) is 137 cm³/mol. The van der Waals surface area contributed by atoms with Crippen molar-refractivity contribution >= 4 is 40.1 Å². The highest BCUT2D eigenvalue weighted by Gasteiger charge is 2.41. The minimum Gasteiger partial charge on any atom is -0.472 e. The Kier molecular flexibility index (Phi) is 7.14. The van der Waals surface area contributed by atoms with Crippen LogP contribution in [0.1, 0.15) is 46.7 Å². The molecule has 1 fully saturated rings. The van der Waals surface area contributed by atoms with E-state index in [9.17, 15) is 9.18 Å². The topological polar surface area (TPSA) is 80.7 Å². The predicted octanol–water partition coefficient (Wildman–Crippen LogP) is 5.37. The lowest BCUT2D eigenvalue weighted by Crippen LogP contribution is -2.59. The van der Waals surface area contributed by atoms with Crippen LogP contribution in [0.5, 0.6) is 5.88 Å². The molecule has 2 atom stereocenters. The van der Waals surface area contributed by atoms with Gasteiger partial charge in [-0.05, 0) is 40.4 Å². The molecule has 8 nitrogen and oxygen atoms in total. The number of ether oxygens (including phenoxy) is 2. The fraction of sp³-hybridized carbons (Fsp3) is 0.520. The largest absolute Gasteiger partial charge is 0.472 e. The van der Waals surface area contributed by atoms with Crippen LogP contribution in [0.2, 0.25) is 0 Å². The zero-order valence-electron chi connectivity index (χ0n) is 21.4. The zero-order valence-corrected chi connectivity index (χ0v) is 22.2. The molecule has 0 saturated carbocycles. The number of allylic oxidation sites excluding steroid dienone is 3. The number of pyridine rings is 1. The first kappa shape index (κ1) is 26.1. The molecule has 11 heteroatoms. The molecule has 0 unspecified atom stereocenters. The Morgan fingerprint density at radius 3 is 2.64 bits per heavy atom. The first-order valence-corrected chi connectivity index (χ1v) is 13.1. The molecule has 4 rings (SSSR count). The minimum atomic E-state index is -0.756. The number of rotatable bonds is 4. The highest BCUT2D eigenvalue weighted by atomic mass is 32.2. The Hall–Kier alpha value is -2.95. The van der Waals surface area contributed by atoms with Gasteiger partial charge in [-0.2, -0.15) is 0 Å². The van der Waals surface area contributed by atoms with E-state index in [2.05, 4.69) is 16.5 Å². The number of aromatic nitrogens is 3. The number of nitrogens with zero attached hydrogens (tertiary/aromatic N) is 5. The van der Waals surface area contributed by atoms with Gasteiger partial charge in [0.2, 0.25) is 5.88 Å². The van der Waals surface area contributed by atoms with E-state index < -0.39 is 29.4 Å². The lowest BCUT2D eigenvalue weighted by atomic mass is 10.1. The molecule has 1 saturated heterocycles. The molecule has 2 aliphatic heterocycles. The lowest BCUT2D eigenvalue weighted by Gasteiger charge is -2.43. The van der Waals surface area contributed by atoms with Crippen molar-refractivity contribution in [2.75, 3.05) is 30.8 Å². The number of anilines is 1. The quantitative estimate of drug-likeness (QED) is 0.303. The van der Waals surface area contributed by atoms with Crippen LogP contribution in [0.3, 0.4) is 0 Å². The van der Waals surface area contributed by atoms with Crippen molar-refractivity contribution in [3.05, 3.63) is 30.0 Å². The van der Waals surface area contributed by atoms with Gasteiger partial charge >= 0.3 is 6.09 Å². The molecule has 2 aliphatic rings. The van der Waals surface area contributed by atoms with Crippen molar-refractivity contribution < 1.29 is 23.0 Å². The van der Waals surface area contributed by atoms with Crippen LogP contribution in [-0.4, -0.2) is 69.6 Å². The van der Waals surface area contributed by atoms with Gasteiger partial charge in [-0.3, -0.25) is 0 Å².